The molecule has 0 atom stereocenters. The van der Waals surface area contributed by atoms with E-state index in [1.165, 1.54) is 15.8 Å². The van der Waals surface area contributed by atoms with Crippen molar-refractivity contribution in [1.29, 1.82) is 0 Å². The molecule has 3 aromatic rings. The van der Waals surface area contributed by atoms with Gasteiger partial charge in [-0.15, -0.1) is 17.9 Å². The number of hydrogen-bond acceptors (Lipinski definition) is 3. The fourth-order valence-corrected chi connectivity index (χ4v) is 3.05. The van der Waals surface area contributed by atoms with Gasteiger partial charge in [0.05, 0.1) is 24.4 Å². The molecule has 0 unspecified atom stereocenters. The van der Waals surface area contributed by atoms with E-state index in [2.05, 4.69) is 55.3 Å². The van der Waals surface area contributed by atoms with Gasteiger partial charge in [0.1, 0.15) is 0 Å². The summed E-state index contributed by atoms with van der Waals surface area (Å²) in [5.74, 6) is 0. The summed E-state index contributed by atoms with van der Waals surface area (Å²) < 4.78 is 5.47. The van der Waals surface area contributed by atoms with Crippen LogP contribution < -0.4 is 0 Å². The average molecular weight is 295 g/mol. The van der Waals surface area contributed by atoms with Crippen molar-refractivity contribution in [2.75, 3.05) is 6.61 Å². The highest BCUT2D eigenvalue weighted by atomic mass is 32.1. The number of nitrogens with zero attached hydrogens (tertiary/aromatic N) is 1. The van der Waals surface area contributed by atoms with Crippen LogP contribution in [0.2, 0.25) is 0 Å². The number of pyridine rings is 1. The molecular weight excluding hydrogens is 278 g/mol. The van der Waals surface area contributed by atoms with Gasteiger partial charge in [0.2, 0.25) is 0 Å². The predicted octanol–water partition coefficient (Wildman–Crippen LogP) is 4.97. The van der Waals surface area contributed by atoms with Gasteiger partial charge in [-0.1, -0.05) is 23.8 Å². The molecule has 0 spiro atoms. The van der Waals surface area contributed by atoms with Crippen molar-refractivity contribution in [2.24, 2.45) is 0 Å². The van der Waals surface area contributed by atoms with E-state index in [1.54, 1.807) is 17.4 Å². The molecule has 0 saturated heterocycles. The first-order valence-electron chi connectivity index (χ1n) is 6.90. The Kier molecular flexibility index (Phi) is 4.13. The van der Waals surface area contributed by atoms with Gasteiger partial charge in [-0.05, 0) is 31.2 Å². The third-order valence-corrected chi connectivity index (χ3v) is 4.18. The molecule has 0 saturated carbocycles. The Morgan fingerprint density at radius 3 is 3.00 bits per heavy atom. The van der Waals surface area contributed by atoms with Crippen molar-refractivity contribution >= 4 is 22.2 Å². The van der Waals surface area contributed by atoms with Gasteiger partial charge >= 0.3 is 0 Å². The first kappa shape index (κ1) is 14.0. The van der Waals surface area contributed by atoms with E-state index >= 15 is 0 Å². The van der Waals surface area contributed by atoms with Crippen LogP contribution >= 0.6 is 11.3 Å². The standard InChI is InChI=1S/C18H17NOS/c1-3-8-20-11-16-10-15(12-21-16)18-7-5-14-9-13(2)4-6-17(14)19-18/h3-7,9-10,12H,1,8,11H2,2H3. The number of aromatic nitrogens is 1. The summed E-state index contributed by atoms with van der Waals surface area (Å²) in [4.78, 5) is 5.95. The van der Waals surface area contributed by atoms with Crippen molar-refractivity contribution in [1.82, 2.24) is 4.98 Å². The summed E-state index contributed by atoms with van der Waals surface area (Å²) >= 11 is 1.70. The van der Waals surface area contributed by atoms with Crippen LogP contribution in [0.5, 0.6) is 0 Å². The Bertz CT molecular complexity index is 776. The van der Waals surface area contributed by atoms with E-state index in [0.717, 1.165) is 16.8 Å². The van der Waals surface area contributed by atoms with E-state index in [4.69, 9.17) is 9.72 Å². The molecule has 21 heavy (non-hydrogen) atoms. The maximum Gasteiger partial charge on any atom is 0.0813 e. The third-order valence-electron chi connectivity index (χ3n) is 3.27. The summed E-state index contributed by atoms with van der Waals surface area (Å²) in [5, 5.41) is 3.32. The van der Waals surface area contributed by atoms with Gasteiger partial charge in [-0.2, -0.15) is 0 Å². The highest BCUT2D eigenvalue weighted by Crippen LogP contribution is 2.26. The minimum Gasteiger partial charge on any atom is -0.372 e. The lowest BCUT2D eigenvalue weighted by atomic mass is 10.1. The molecule has 0 radical (unpaired) electrons. The summed E-state index contributed by atoms with van der Waals surface area (Å²) in [7, 11) is 0. The van der Waals surface area contributed by atoms with Crippen LogP contribution in [-0.2, 0) is 11.3 Å². The molecule has 0 amide bonds. The number of benzene rings is 1. The van der Waals surface area contributed by atoms with Crippen LogP contribution in [0.1, 0.15) is 10.4 Å². The van der Waals surface area contributed by atoms with Gasteiger partial charge in [-0.3, -0.25) is 0 Å². The fourth-order valence-electron chi connectivity index (χ4n) is 2.24. The Morgan fingerprint density at radius 2 is 2.14 bits per heavy atom. The summed E-state index contributed by atoms with van der Waals surface area (Å²) in [6, 6.07) is 12.7. The first-order valence-corrected chi connectivity index (χ1v) is 7.78. The molecule has 0 N–H and O–H groups in total. The molecule has 2 nitrogen and oxygen atoms in total. The molecule has 0 aliphatic heterocycles. The third kappa shape index (κ3) is 3.20. The monoisotopic (exact) mass is 295 g/mol. The number of aryl methyl sites for hydroxylation is 1. The molecule has 1 aromatic carbocycles. The largest absolute Gasteiger partial charge is 0.372 e. The minimum atomic E-state index is 0.584. The van der Waals surface area contributed by atoms with Crippen LogP contribution in [-0.4, -0.2) is 11.6 Å². The second-order valence-electron chi connectivity index (χ2n) is 5.00. The number of ether oxygens (including phenoxy) is 1. The van der Waals surface area contributed by atoms with Crippen molar-refractivity contribution in [3.05, 3.63) is 64.9 Å². The molecule has 0 bridgehead atoms. The smallest absolute Gasteiger partial charge is 0.0813 e. The lowest BCUT2D eigenvalue weighted by Crippen LogP contribution is -1.89. The molecule has 0 aliphatic rings. The van der Waals surface area contributed by atoms with Crippen LogP contribution in [0, 0.1) is 6.92 Å². The summed E-state index contributed by atoms with van der Waals surface area (Å²) in [5.41, 5.74) is 4.46. The van der Waals surface area contributed by atoms with Gasteiger partial charge in [-0.25, -0.2) is 4.98 Å². The number of hydrogen-bond donors (Lipinski definition) is 0. The number of thiophene rings is 1. The van der Waals surface area contributed by atoms with Gasteiger partial charge in [0, 0.05) is 21.2 Å². The molecule has 3 heteroatoms. The lowest BCUT2D eigenvalue weighted by molar-refractivity contribution is 0.151. The van der Waals surface area contributed by atoms with Crippen LogP contribution in [0.15, 0.2) is 54.4 Å². The zero-order valence-corrected chi connectivity index (χ0v) is 12.8. The van der Waals surface area contributed by atoms with Crippen molar-refractivity contribution in [3.8, 4) is 11.3 Å². The van der Waals surface area contributed by atoms with E-state index in [9.17, 15) is 0 Å². The van der Waals surface area contributed by atoms with E-state index < -0.39 is 0 Å². The fraction of sp³-hybridized carbons (Fsp3) is 0.167. The number of rotatable bonds is 5. The molecule has 106 valence electrons. The molecule has 2 aromatic heterocycles. The SMILES string of the molecule is C=CCOCc1cc(-c2ccc3cc(C)ccc3n2)cs1. The minimum absolute atomic E-state index is 0.584. The normalized spacial score (nSPS) is 10.9. The number of fused-ring (bicyclic) bond motifs is 1. The second kappa shape index (κ2) is 6.20. The zero-order chi connectivity index (χ0) is 14.7. The molecule has 3 rings (SSSR count). The van der Waals surface area contributed by atoms with Crippen molar-refractivity contribution in [3.63, 3.8) is 0 Å². The quantitative estimate of drug-likeness (QED) is 0.489. The maximum atomic E-state index is 5.47. The average Bonchev–Trinajstić information content (AvgIpc) is 2.96. The summed E-state index contributed by atoms with van der Waals surface area (Å²) in [6.07, 6.45) is 1.77. The van der Waals surface area contributed by atoms with Crippen LogP contribution in [0.25, 0.3) is 22.2 Å². The van der Waals surface area contributed by atoms with E-state index in [0.29, 0.717) is 13.2 Å². The second-order valence-corrected chi connectivity index (χ2v) is 5.99. The van der Waals surface area contributed by atoms with Crippen molar-refractivity contribution < 1.29 is 4.74 Å². The highest BCUT2D eigenvalue weighted by molar-refractivity contribution is 7.10. The van der Waals surface area contributed by atoms with Crippen LogP contribution in [0.4, 0.5) is 0 Å². The Balaban J connectivity index is 1.86. The lowest BCUT2D eigenvalue weighted by Gasteiger charge is -2.02. The highest BCUT2D eigenvalue weighted by Gasteiger charge is 2.05. The Morgan fingerprint density at radius 1 is 1.24 bits per heavy atom. The molecule has 2 heterocycles. The van der Waals surface area contributed by atoms with Gasteiger partial charge < -0.3 is 4.74 Å². The Labute approximate surface area is 128 Å². The topological polar surface area (TPSA) is 22.1 Å². The van der Waals surface area contributed by atoms with E-state index in [1.807, 2.05) is 0 Å². The van der Waals surface area contributed by atoms with Crippen molar-refractivity contribution in [2.45, 2.75) is 13.5 Å². The molecular formula is C18H17NOS. The van der Waals surface area contributed by atoms with Crippen LogP contribution in [0.3, 0.4) is 0 Å². The predicted molar refractivity (Wildman–Crippen MR) is 89.6 cm³/mol. The van der Waals surface area contributed by atoms with Gasteiger partial charge in [0.25, 0.3) is 0 Å². The Hall–Kier alpha value is -1.97. The van der Waals surface area contributed by atoms with Gasteiger partial charge in [0.15, 0.2) is 0 Å². The molecule has 0 aliphatic carbocycles. The summed E-state index contributed by atoms with van der Waals surface area (Å²) in [6.45, 7) is 6.96. The zero-order valence-electron chi connectivity index (χ0n) is 12.0. The van der Waals surface area contributed by atoms with E-state index in [-0.39, 0.29) is 0 Å². The maximum absolute atomic E-state index is 5.47. The molecule has 0 fully saturated rings. The first-order chi connectivity index (χ1) is 10.3.